The van der Waals surface area contributed by atoms with Crippen molar-refractivity contribution in [1.82, 2.24) is 5.32 Å². The van der Waals surface area contributed by atoms with Gasteiger partial charge in [0.05, 0.1) is 12.1 Å². The van der Waals surface area contributed by atoms with Crippen molar-refractivity contribution >= 4 is 5.91 Å². The van der Waals surface area contributed by atoms with Gasteiger partial charge in [0.25, 0.3) is 0 Å². The Labute approximate surface area is 114 Å². The van der Waals surface area contributed by atoms with E-state index in [1.165, 1.54) is 0 Å². The lowest BCUT2D eigenvalue weighted by molar-refractivity contribution is -0.134. The molecule has 1 aliphatic carbocycles. The Morgan fingerprint density at radius 2 is 2.11 bits per heavy atom. The van der Waals surface area contributed by atoms with Crippen LogP contribution in [0.15, 0.2) is 24.3 Å². The van der Waals surface area contributed by atoms with E-state index >= 15 is 0 Å². The molecule has 1 amide bonds. The number of hydrogen-bond donors (Lipinski definition) is 1. The summed E-state index contributed by atoms with van der Waals surface area (Å²) in [6, 6.07) is 10.1. The molecule has 1 fully saturated rings. The average Bonchev–Trinajstić information content (AvgIpc) is 2.34. The molecule has 1 saturated carbocycles. The molecule has 0 heterocycles. The van der Waals surface area contributed by atoms with Crippen LogP contribution in [0.25, 0.3) is 0 Å². The van der Waals surface area contributed by atoms with Gasteiger partial charge < -0.3 is 5.32 Å². The molecule has 0 aliphatic heterocycles. The number of aryl methyl sites for hydroxylation is 1. The van der Waals surface area contributed by atoms with Gasteiger partial charge in [-0.2, -0.15) is 5.26 Å². The first kappa shape index (κ1) is 13.6. The lowest BCUT2D eigenvalue weighted by Crippen LogP contribution is -2.48. The molecule has 0 aromatic heterocycles. The highest BCUT2D eigenvalue weighted by Crippen LogP contribution is 2.45. The zero-order valence-corrected chi connectivity index (χ0v) is 11.7. The third-order valence-electron chi connectivity index (χ3n) is 4.05. The fraction of sp³-hybridized carbons (Fsp3) is 0.500. The van der Waals surface area contributed by atoms with E-state index < -0.39 is 5.41 Å². The number of amides is 1. The second-order valence-electron chi connectivity index (χ2n) is 5.76. The Kier molecular flexibility index (Phi) is 3.61. The van der Waals surface area contributed by atoms with Gasteiger partial charge in [0.1, 0.15) is 5.41 Å². The molecular weight excluding hydrogens is 236 g/mol. The first-order chi connectivity index (χ1) is 8.98. The molecule has 1 aromatic rings. The van der Waals surface area contributed by atoms with Crippen LogP contribution in [0.5, 0.6) is 0 Å². The predicted octanol–water partition coefficient (Wildman–Crippen LogP) is 3.11. The van der Waals surface area contributed by atoms with Crippen LogP contribution in [0.3, 0.4) is 0 Å². The highest BCUT2D eigenvalue weighted by atomic mass is 16.2. The number of benzene rings is 1. The smallest absolute Gasteiger partial charge is 0.240 e. The highest BCUT2D eigenvalue weighted by Gasteiger charge is 2.49. The normalized spacial score (nSPS) is 26.9. The lowest BCUT2D eigenvalue weighted by Gasteiger charge is -2.39. The first-order valence-electron chi connectivity index (χ1n) is 6.76. The molecule has 3 nitrogen and oxygen atoms in total. The molecule has 100 valence electrons. The minimum absolute atomic E-state index is 0.0603. The fourth-order valence-corrected chi connectivity index (χ4v) is 2.94. The van der Waals surface area contributed by atoms with Gasteiger partial charge in [-0.25, -0.2) is 0 Å². The standard InChI is InChI=1S/C16H20N2O/c1-11-8-16(9-11,10-17)15(19)18-13(3)14-7-5-4-6-12(14)2/h4-7,11,13H,8-9H2,1-3H3,(H,18,19). The minimum atomic E-state index is -0.795. The van der Waals surface area contributed by atoms with E-state index in [4.69, 9.17) is 0 Å². The van der Waals surface area contributed by atoms with Crippen molar-refractivity contribution in [2.75, 3.05) is 0 Å². The van der Waals surface area contributed by atoms with Crippen molar-refractivity contribution in [3.05, 3.63) is 35.4 Å². The summed E-state index contributed by atoms with van der Waals surface area (Å²) in [7, 11) is 0. The lowest BCUT2D eigenvalue weighted by atomic mass is 9.63. The Morgan fingerprint density at radius 3 is 2.63 bits per heavy atom. The van der Waals surface area contributed by atoms with Crippen molar-refractivity contribution in [1.29, 1.82) is 5.26 Å². The van der Waals surface area contributed by atoms with Crippen LogP contribution in [-0.4, -0.2) is 5.91 Å². The molecule has 1 atom stereocenters. The van der Waals surface area contributed by atoms with Gasteiger partial charge in [0.2, 0.25) is 5.91 Å². The van der Waals surface area contributed by atoms with E-state index in [-0.39, 0.29) is 11.9 Å². The Hall–Kier alpha value is -1.82. The zero-order chi connectivity index (χ0) is 14.0. The molecule has 2 rings (SSSR count). The van der Waals surface area contributed by atoms with E-state index in [0.29, 0.717) is 18.8 Å². The molecule has 0 saturated heterocycles. The Morgan fingerprint density at radius 1 is 1.47 bits per heavy atom. The summed E-state index contributed by atoms with van der Waals surface area (Å²) < 4.78 is 0. The van der Waals surface area contributed by atoms with Crippen LogP contribution < -0.4 is 5.32 Å². The van der Waals surface area contributed by atoms with Crippen molar-refractivity contribution in [3.8, 4) is 6.07 Å². The molecule has 1 unspecified atom stereocenters. The first-order valence-corrected chi connectivity index (χ1v) is 6.76. The Balaban J connectivity index is 2.08. The number of nitrogens with one attached hydrogen (secondary N) is 1. The monoisotopic (exact) mass is 256 g/mol. The van der Waals surface area contributed by atoms with E-state index in [1.54, 1.807) is 0 Å². The van der Waals surface area contributed by atoms with Crippen LogP contribution in [0.4, 0.5) is 0 Å². The van der Waals surface area contributed by atoms with Gasteiger partial charge in [0, 0.05) is 0 Å². The van der Waals surface area contributed by atoms with Crippen LogP contribution in [0.2, 0.25) is 0 Å². The largest absolute Gasteiger partial charge is 0.348 e. The minimum Gasteiger partial charge on any atom is -0.348 e. The summed E-state index contributed by atoms with van der Waals surface area (Å²) >= 11 is 0. The maximum atomic E-state index is 12.3. The third-order valence-corrected chi connectivity index (χ3v) is 4.05. The topological polar surface area (TPSA) is 52.9 Å². The summed E-state index contributed by atoms with van der Waals surface area (Å²) in [6.07, 6.45) is 1.35. The number of carbonyl (C=O) groups is 1. The van der Waals surface area contributed by atoms with Gasteiger partial charge >= 0.3 is 0 Å². The van der Waals surface area contributed by atoms with Crippen LogP contribution in [0.1, 0.15) is 43.9 Å². The fourth-order valence-electron chi connectivity index (χ4n) is 2.94. The maximum absolute atomic E-state index is 12.3. The molecule has 19 heavy (non-hydrogen) atoms. The zero-order valence-electron chi connectivity index (χ0n) is 11.7. The number of nitriles is 1. The molecule has 0 bridgehead atoms. The summed E-state index contributed by atoms with van der Waals surface area (Å²) in [4.78, 5) is 12.3. The number of carbonyl (C=O) groups excluding carboxylic acids is 1. The third kappa shape index (κ3) is 2.49. The molecular formula is C16H20N2O. The van der Waals surface area contributed by atoms with Crippen LogP contribution >= 0.6 is 0 Å². The van der Waals surface area contributed by atoms with Crippen LogP contribution in [0, 0.1) is 29.6 Å². The average molecular weight is 256 g/mol. The number of hydrogen-bond acceptors (Lipinski definition) is 2. The predicted molar refractivity (Wildman–Crippen MR) is 74.2 cm³/mol. The second kappa shape index (κ2) is 5.05. The summed E-state index contributed by atoms with van der Waals surface area (Å²) in [5.41, 5.74) is 1.47. The van der Waals surface area contributed by atoms with Crippen molar-refractivity contribution in [2.24, 2.45) is 11.3 Å². The molecule has 1 N–H and O–H groups in total. The number of rotatable bonds is 3. The molecule has 1 aliphatic rings. The maximum Gasteiger partial charge on any atom is 0.240 e. The summed E-state index contributed by atoms with van der Waals surface area (Å²) in [6.45, 7) is 6.07. The quantitative estimate of drug-likeness (QED) is 0.903. The summed E-state index contributed by atoms with van der Waals surface area (Å²) in [5, 5.41) is 12.2. The van der Waals surface area contributed by atoms with E-state index in [1.807, 2.05) is 38.1 Å². The van der Waals surface area contributed by atoms with Crippen LogP contribution in [-0.2, 0) is 4.79 Å². The van der Waals surface area contributed by atoms with E-state index in [2.05, 4.69) is 18.3 Å². The molecule has 3 heteroatoms. The molecule has 1 aromatic carbocycles. The molecule has 0 spiro atoms. The number of nitrogens with zero attached hydrogens (tertiary/aromatic N) is 1. The van der Waals surface area contributed by atoms with Gasteiger partial charge in [-0.3, -0.25) is 4.79 Å². The molecule has 0 radical (unpaired) electrons. The van der Waals surface area contributed by atoms with Gasteiger partial charge in [-0.05, 0) is 43.7 Å². The van der Waals surface area contributed by atoms with E-state index in [9.17, 15) is 10.1 Å². The SMILES string of the molecule is Cc1ccccc1C(C)NC(=O)C1(C#N)CC(C)C1. The Bertz CT molecular complexity index is 524. The van der Waals surface area contributed by atoms with Gasteiger partial charge in [0.15, 0.2) is 0 Å². The van der Waals surface area contributed by atoms with Gasteiger partial charge in [-0.1, -0.05) is 31.2 Å². The van der Waals surface area contributed by atoms with E-state index in [0.717, 1.165) is 11.1 Å². The van der Waals surface area contributed by atoms with Crippen molar-refractivity contribution in [3.63, 3.8) is 0 Å². The van der Waals surface area contributed by atoms with Gasteiger partial charge in [-0.15, -0.1) is 0 Å². The summed E-state index contributed by atoms with van der Waals surface area (Å²) in [5.74, 6) is 0.350. The highest BCUT2D eigenvalue weighted by molar-refractivity contribution is 5.86. The van der Waals surface area contributed by atoms with Crippen molar-refractivity contribution in [2.45, 2.75) is 39.7 Å². The second-order valence-corrected chi connectivity index (χ2v) is 5.76. The van der Waals surface area contributed by atoms with Crippen molar-refractivity contribution < 1.29 is 4.79 Å².